The van der Waals surface area contributed by atoms with Gasteiger partial charge in [0.15, 0.2) is 0 Å². The molecule has 3 heteroatoms. The Morgan fingerprint density at radius 1 is 1.60 bits per heavy atom. The Morgan fingerprint density at radius 2 is 1.80 bits per heavy atom. The first-order valence-corrected chi connectivity index (χ1v) is 3.15. The Morgan fingerprint density at radius 3 is 1.80 bits per heavy atom. The van der Waals surface area contributed by atoms with Crippen molar-refractivity contribution in [3.8, 4) is 0 Å². The summed E-state index contributed by atoms with van der Waals surface area (Å²) < 4.78 is 4.51. The molecule has 0 aliphatic rings. The molecule has 0 aliphatic heterocycles. The van der Waals surface area contributed by atoms with Gasteiger partial charge < -0.3 is 4.31 Å². The zero-order valence-electron chi connectivity index (χ0n) is 2.85. The van der Waals surface area contributed by atoms with E-state index in [1.807, 2.05) is 0 Å². The van der Waals surface area contributed by atoms with Crippen molar-refractivity contribution in [1.29, 1.82) is 0 Å². The zero-order valence-corrected chi connectivity index (χ0v) is 4.90. The molecule has 0 heterocycles. The third kappa shape index (κ3) is 4.43. The van der Waals surface area contributed by atoms with Crippen LogP contribution in [-0.2, 0) is 4.31 Å². The molecule has 0 fully saturated rings. The Kier molecular flexibility index (Phi) is 2.88. The summed E-state index contributed by atoms with van der Waals surface area (Å²) in [6.45, 7) is 0. The maximum atomic E-state index is 4.51. The van der Waals surface area contributed by atoms with Crippen LogP contribution in [0.4, 0.5) is 0 Å². The van der Waals surface area contributed by atoms with Gasteiger partial charge in [-0.3, -0.25) is 0 Å². The lowest BCUT2D eigenvalue weighted by molar-refractivity contribution is 0.754. The maximum absolute atomic E-state index is 4.51. The highest BCUT2D eigenvalue weighted by Gasteiger charge is 1.51. The van der Waals surface area contributed by atoms with Gasteiger partial charge >= 0.3 is 0 Å². The molecule has 1 nitrogen and oxygen atoms in total. The summed E-state index contributed by atoms with van der Waals surface area (Å²) in [5, 5.41) is 0. The minimum atomic E-state index is -0.635. The van der Waals surface area contributed by atoms with Gasteiger partial charge in [0, 0.05) is 9.47 Å². The van der Waals surface area contributed by atoms with E-state index in [2.05, 4.69) is 26.4 Å². The molecule has 0 aromatic carbocycles. The Balaban J connectivity index is 3.23. The molecule has 1 atom stereocenters. The molecule has 0 saturated heterocycles. The van der Waals surface area contributed by atoms with Crippen LogP contribution in [0.1, 0.15) is 0 Å². The van der Waals surface area contributed by atoms with Crippen molar-refractivity contribution in [3.63, 3.8) is 0 Å². The van der Waals surface area contributed by atoms with E-state index in [0.29, 0.717) is 0 Å². The van der Waals surface area contributed by atoms with Crippen LogP contribution in [0.5, 0.6) is 0 Å². The number of hydrogen-bond donors (Lipinski definition) is 0. The van der Waals surface area contributed by atoms with E-state index in [4.69, 9.17) is 0 Å². The third-order valence-corrected chi connectivity index (χ3v) is 1.34. The Hall–Kier alpha value is 0.430. The summed E-state index contributed by atoms with van der Waals surface area (Å²) in [5.74, 6) is 0. The van der Waals surface area contributed by atoms with E-state index in [1.54, 1.807) is 0 Å². The van der Waals surface area contributed by atoms with Crippen molar-refractivity contribution >= 4 is 29.5 Å². The quantitative estimate of drug-likeness (QED) is 0.456. The Bertz CT molecular complexity index is 65.7. The van der Waals surface area contributed by atoms with Gasteiger partial charge in [0.1, 0.15) is 0 Å². The first kappa shape index (κ1) is 5.43. The van der Waals surface area contributed by atoms with Gasteiger partial charge in [-0.15, -0.1) is 0 Å². The zero-order chi connectivity index (χ0) is 4.28. The number of hydrogen-bond acceptors (Lipinski definition) is 1. The fourth-order valence-corrected chi connectivity index (χ4v) is 0. The van der Waals surface area contributed by atoms with Crippen molar-refractivity contribution in [2.75, 3.05) is 0 Å². The molecule has 0 spiro atoms. The molecule has 0 aromatic heterocycles. The average molecular weight is 108 g/mol. The summed E-state index contributed by atoms with van der Waals surface area (Å²) in [5.41, 5.74) is 0. The van der Waals surface area contributed by atoms with Crippen molar-refractivity contribution in [3.05, 3.63) is 0 Å². The normalized spacial score (nSPS) is 7.40. The number of rotatable bonds is 1. The highest BCUT2D eigenvalue weighted by Crippen LogP contribution is 2.06. The van der Waals surface area contributed by atoms with Crippen LogP contribution in [0.3, 0.4) is 0 Å². The summed E-state index contributed by atoms with van der Waals surface area (Å²) in [6.07, 6.45) is 6.94. The summed E-state index contributed by atoms with van der Waals surface area (Å²) in [6, 6.07) is 0. The molecule has 0 aromatic rings. The van der Waals surface area contributed by atoms with Gasteiger partial charge in [-0.1, -0.05) is 12.6 Å². The van der Waals surface area contributed by atoms with Crippen LogP contribution in [0.15, 0.2) is 0 Å². The predicted molar refractivity (Wildman–Crippen MR) is 32.0 cm³/mol. The lowest BCUT2D eigenvalue weighted by Crippen LogP contribution is -1.33. The van der Waals surface area contributed by atoms with Crippen LogP contribution in [-0.4, -0.2) is 12.6 Å². The second-order valence-corrected chi connectivity index (χ2v) is 2.39. The second-order valence-electron chi connectivity index (χ2n) is 0.587. The molecule has 0 aliphatic carbocycles. The SMILES string of the molecule is C=P(=C)OP. The predicted octanol–water partition coefficient (Wildman–Crippen LogP) is 1.05. The van der Waals surface area contributed by atoms with Crippen LogP contribution >= 0.6 is 16.9 Å². The minimum absolute atomic E-state index is 0.635. The fourth-order valence-electron chi connectivity index (χ4n) is 0. The van der Waals surface area contributed by atoms with E-state index in [9.17, 15) is 0 Å². The van der Waals surface area contributed by atoms with Gasteiger partial charge in [-0.2, -0.15) is 0 Å². The van der Waals surface area contributed by atoms with Crippen LogP contribution in [0.25, 0.3) is 0 Å². The molecule has 1 unspecified atom stereocenters. The first-order chi connectivity index (χ1) is 2.27. The summed E-state index contributed by atoms with van der Waals surface area (Å²) >= 11 is 0. The molecule has 30 valence electrons. The minimum Gasteiger partial charge on any atom is -0.318 e. The molecule has 0 radical (unpaired) electrons. The molecule has 0 bridgehead atoms. The highest BCUT2D eigenvalue weighted by atomic mass is 31.1. The van der Waals surface area contributed by atoms with Crippen molar-refractivity contribution < 1.29 is 4.31 Å². The van der Waals surface area contributed by atoms with Gasteiger partial charge in [-0.25, -0.2) is 0 Å². The van der Waals surface area contributed by atoms with E-state index in [1.165, 1.54) is 0 Å². The van der Waals surface area contributed by atoms with E-state index in [0.717, 1.165) is 0 Å². The molecule has 0 saturated carbocycles. The maximum Gasteiger partial charge on any atom is 0.0122 e. The van der Waals surface area contributed by atoms with E-state index < -0.39 is 7.40 Å². The standard InChI is InChI=1S/C2H6OP2/c1-5(2)3-4/h1-2,4H2. The van der Waals surface area contributed by atoms with E-state index in [-0.39, 0.29) is 0 Å². The third-order valence-electron chi connectivity index (χ3n) is 0.149. The molecule has 5 heavy (non-hydrogen) atoms. The lowest BCUT2D eigenvalue weighted by Gasteiger charge is -1.75. The monoisotopic (exact) mass is 108 g/mol. The molecule has 0 rings (SSSR count). The van der Waals surface area contributed by atoms with Gasteiger partial charge in [0.25, 0.3) is 0 Å². The topological polar surface area (TPSA) is 9.23 Å². The van der Waals surface area contributed by atoms with Crippen molar-refractivity contribution in [2.45, 2.75) is 0 Å². The van der Waals surface area contributed by atoms with Gasteiger partial charge in [0.05, 0.1) is 0 Å². The van der Waals surface area contributed by atoms with Crippen molar-refractivity contribution in [2.24, 2.45) is 0 Å². The van der Waals surface area contributed by atoms with Crippen LogP contribution in [0.2, 0.25) is 0 Å². The van der Waals surface area contributed by atoms with Gasteiger partial charge in [-0.05, 0) is 7.40 Å². The summed E-state index contributed by atoms with van der Waals surface area (Å²) in [7, 11) is 1.46. The van der Waals surface area contributed by atoms with Crippen LogP contribution in [0, 0.1) is 0 Å². The lowest BCUT2D eigenvalue weighted by atomic mass is 12.0. The van der Waals surface area contributed by atoms with Gasteiger partial charge in [0.2, 0.25) is 0 Å². The van der Waals surface area contributed by atoms with Crippen LogP contribution < -0.4 is 0 Å². The van der Waals surface area contributed by atoms with Crippen molar-refractivity contribution in [1.82, 2.24) is 0 Å². The molecular formula is C2H6OP2. The van der Waals surface area contributed by atoms with E-state index >= 15 is 0 Å². The fraction of sp³-hybridized carbons (Fsp3) is 0. The molecule has 0 amide bonds. The first-order valence-electron chi connectivity index (χ1n) is 1.05. The smallest absolute Gasteiger partial charge is 0.0122 e. The Labute approximate surface area is 34.7 Å². The highest BCUT2D eigenvalue weighted by molar-refractivity contribution is 7.53. The molecular weight excluding hydrogens is 102 g/mol. The molecule has 0 N–H and O–H groups in total. The average Bonchev–Trinajstić information content (AvgIpc) is 1.38. The second kappa shape index (κ2) is 2.66. The summed E-state index contributed by atoms with van der Waals surface area (Å²) in [4.78, 5) is 0. The largest absolute Gasteiger partial charge is 0.318 e.